The molecule has 1 saturated heterocycles. The summed E-state index contributed by atoms with van der Waals surface area (Å²) in [6.07, 6.45) is 3.37. The maximum Gasteiger partial charge on any atom is 0.133 e. The maximum atomic E-state index is 5.79. The highest BCUT2D eigenvalue weighted by molar-refractivity contribution is 9.10. The van der Waals surface area contributed by atoms with E-state index in [-0.39, 0.29) is 12.1 Å². The van der Waals surface area contributed by atoms with Crippen molar-refractivity contribution >= 4 is 15.9 Å². The Balaban J connectivity index is 1.92. The normalized spacial score (nSPS) is 20.9. The fourth-order valence-electron chi connectivity index (χ4n) is 2.12. The van der Waals surface area contributed by atoms with Gasteiger partial charge in [0.15, 0.2) is 0 Å². The van der Waals surface area contributed by atoms with Gasteiger partial charge >= 0.3 is 0 Å². The molecule has 100 valence electrons. The van der Waals surface area contributed by atoms with E-state index >= 15 is 0 Å². The molecule has 0 saturated carbocycles. The monoisotopic (exact) mass is 313 g/mol. The van der Waals surface area contributed by atoms with Crippen molar-refractivity contribution in [1.29, 1.82) is 0 Å². The number of hydrogen-bond acceptors (Lipinski definition) is 3. The van der Waals surface area contributed by atoms with E-state index in [0.717, 1.165) is 36.1 Å². The van der Waals surface area contributed by atoms with Crippen LogP contribution in [0.4, 0.5) is 0 Å². The molecule has 2 atom stereocenters. The van der Waals surface area contributed by atoms with Crippen LogP contribution >= 0.6 is 15.9 Å². The average molecular weight is 314 g/mol. The van der Waals surface area contributed by atoms with Gasteiger partial charge < -0.3 is 15.2 Å². The Kier molecular flexibility index (Phi) is 5.03. The summed E-state index contributed by atoms with van der Waals surface area (Å²) in [5.74, 6) is 0.874. The summed E-state index contributed by atoms with van der Waals surface area (Å²) in [7, 11) is 0. The first-order valence-electron chi connectivity index (χ1n) is 6.43. The molecule has 0 amide bonds. The first kappa shape index (κ1) is 13.8. The molecule has 2 N–H and O–H groups in total. The van der Waals surface area contributed by atoms with Crippen molar-refractivity contribution in [2.45, 2.75) is 38.3 Å². The molecule has 1 fully saturated rings. The third-order valence-corrected chi connectivity index (χ3v) is 3.62. The zero-order valence-corrected chi connectivity index (χ0v) is 12.3. The zero-order chi connectivity index (χ0) is 13.0. The fraction of sp³-hybridized carbons (Fsp3) is 0.571. The molecular formula is C14H20BrNO2. The number of hydrogen-bond donors (Lipinski definition) is 1. The van der Waals surface area contributed by atoms with Gasteiger partial charge in [0.2, 0.25) is 0 Å². The predicted molar refractivity (Wildman–Crippen MR) is 76.0 cm³/mol. The summed E-state index contributed by atoms with van der Waals surface area (Å²) in [5, 5.41) is 0. The topological polar surface area (TPSA) is 44.5 Å². The molecule has 0 aromatic heterocycles. The standard InChI is InChI=1S/C14H20BrNO2/c1-10(16)7-11-4-5-14(13(15)8-11)18-9-12-3-2-6-17-12/h4-5,8,10,12H,2-3,6-7,9,16H2,1H3. The first-order valence-corrected chi connectivity index (χ1v) is 7.23. The number of benzene rings is 1. The van der Waals surface area contributed by atoms with Gasteiger partial charge in [-0.1, -0.05) is 6.07 Å². The molecule has 0 spiro atoms. The van der Waals surface area contributed by atoms with Crippen molar-refractivity contribution < 1.29 is 9.47 Å². The van der Waals surface area contributed by atoms with Crippen LogP contribution in [0.25, 0.3) is 0 Å². The molecule has 3 nitrogen and oxygen atoms in total. The second-order valence-electron chi connectivity index (χ2n) is 4.89. The van der Waals surface area contributed by atoms with Crippen LogP contribution in [0.5, 0.6) is 5.75 Å². The molecule has 0 radical (unpaired) electrons. The van der Waals surface area contributed by atoms with Crippen LogP contribution in [0.15, 0.2) is 22.7 Å². The van der Waals surface area contributed by atoms with Crippen molar-refractivity contribution in [2.24, 2.45) is 5.73 Å². The van der Waals surface area contributed by atoms with Gasteiger partial charge in [-0.2, -0.15) is 0 Å². The minimum Gasteiger partial charge on any atom is -0.490 e. The molecule has 1 aromatic rings. The lowest BCUT2D eigenvalue weighted by molar-refractivity contribution is 0.0677. The first-order chi connectivity index (χ1) is 8.65. The van der Waals surface area contributed by atoms with Gasteiger partial charge in [-0.15, -0.1) is 0 Å². The summed E-state index contributed by atoms with van der Waals surface area (Å²) >= 11 is 3.54. The van der Waals surface area contributed by atoms with Gasteiger partial charge in [-0.25, -0.2) is 0 Å². The molecule has 2 rings (SSSR count). The molecule has 1 aromatic carbocycles. The van der Waals surface area contributed by atoms with Crippen molar-refractivity contribution in [3.8, 4) is 5.75 Å². The SMILES string of the molecule is CC(N)Cc1ccc(OCC2CCCO2)c(Br)c1. The van der Waals surface area contributed by atoms with Gasteiger partial charge in [0, 0.05) is 12.6 Å². The second kappa shape index (κ2) is 6.55. The molecule has 1 aliphatic rings. The molecule has 1 heterocycles. The van der Waals surface area contributed by atoms with E-state index in [1.807, 2.05) is 13.0 Å². The third-order valence-electron chi connectivity index (χ3n) is 3.00. The van der Waals surface area contributed by atoms with Crippen LogP contribution in [0, 0.1) is 0 Å². The zero-order valence-electron chi connectivity index (χ0n) is 10.7. The van der Waals surface area contributed by atoms with Gasteiger partial charge in [0.1, 0.15) is 12.4 Å². The van der Waals surface area contributed by atoms with E-state index in [9.17, 15) is 0 Å². The van der Waals surface area contributed by atoms with Crippen molar-refractivity contribution in [2.75, 3.05) is 13.2 Å². The smallest absolute Gasteiger partial charge is 0.133 e. The maximum absolute atomic E-state index is 5.79. The number of ether oxygens (including phenoxy) is 2. The number of rotatable bonds is 5. The molecule has 0 aliphatic carbocycles. The minimum absolute atomic E-state index is 0.176. The van der Waals surface area contributed by atoms with E-state index < -0.39 is 0 Å². The summed E-state index contributed by atoms with van der Waals surface area (Å²) < 4.78 is 12.3. The van der Waals surface area contributed by atoms with Gasteiger partial charge in [0.05, 0.1) is 10.6 Å². The van der Waals surface area contributed by atoms with Gasteiger partial charge in [-0.3, -0.25) is 0 Å². The second-order valence-corrected chi connectivity index (χ2v) is 5.75. The average Bonchev–Trinajstić information content (AvgIpc) is 2.80. The summed E-state index contributed by atoms with van der Waals surface area (Å²) in [6, 6.07) is 6.32. The highest BCUT2D eigenvalue weighted by Crippen LogP contribution is 2.27. The largest absolute Gasteiger partial charge is 0.490 e. The van der Waals surface area contributed by atoms with Crippen molar-refractivity contribution in [3.05, 3.63) is 28.2 Å². The van der Waals surface area contributed by atoms with E-state index in [1.165, 1.54) is 5.56 Å². The fourth-order valence-corrected chi connectivity index (χ4v) is 2.66. The van der Waals surface area contributed by atoms with Crippen LogP contribution in [0.3, 0.4) is 0 Å². The Bertz CT molecular complexity index is 389. The Labute approximate surface area is 117 Å². The van der Waals surface area contributed by atoms with Gasteiger partial charge in [0.25, 0.3) is 0 Å². The Morgan fingerprint density at radius 2 is 2.39 bits per heavy atom. The Hall–Kier alpha value is -0.580. The third kappa shape index (κ3) is 3.97. The van der Waals surface area contributed by atoms with Crippen molar-refractivity contribution in [1.82, 2.24) is 0 Å². The molecule has 4 heteroatoms. The molecule has 18 heavy (non-hydrogen) atoms. The summed E-state index contributed by atoms with van der Waals surface area (Å²) in [6.45, 7) is 3.50. The summed E-state index contributed by atoms with van der Waals surface area (Å²) in [5.41, 5.74) is 7.01. The lowest BCUT2D eigenvalue weighted by atomic mass is 10.1. The van der Waals surface area contributed by atoms with E-state index in [0.29, 0.717) is 6.61 Å². The summed E-state index contributed by atoms with van der Waals surface area (Å²) in [4.78, 5) is 0. The van der Waals surface area contributed by atoms with Gasteiger partial charge in [-0.05, 0) is 59.8 Å². The molecule has 1 aliphatic heterocycles. The lowest BCUT2D eigenvalue weighted by Crippen LogP contribution is -2.18. The highest BCUT2D eigenvalue weighted by Gasteiger charge is 2.16. The quantitative estimate of drug-likeness (QED) is 0.909. The molecule has 0 bridgehead atoms. The van der Waals surface area contributed by atoms with E-state index in [1.54, 1.807) is 0 Å². The van der Waals surface area contributed by atoms with Crippen LogP contribution < -0.4 is 10.5 Å². The molecular weight excluding hydrogens is 294 g/mol. The van der Waals surface area contributed by atoms with Crippen molar-refractivity contribution in [3.63, 3.8) is 0 Å². The predicted octanol–water partition coefficient (Wildman–Crippen LogP) is 2.90. The number of nitrogens with two attached hydrogens (primary N) is 1. The van der Waals surface area contributed by atoms with Crippen LogP contribution in [-0.2, 0) is 11.2 Å². The number of halogens is 1. The van der Waals surface area contributed by atoms with Crippen LogP contribution in [0.2, 0.25) is 0 Å². The van der Waals surface area contributed by atoms with Crippen LogP contribution in [-0.4, -0.2) is 25.4 Å². The molecule has 2 unspecified atom stereocenters. The minimum atomic E-state index is 0.176. The lowest BCUT2D eigenvalue weighted by Gasteiger charge is -2.14. The van der Waals surface area contributed by atoms with Crippen LogP contribution in [0.1, 0.15) is 25.3 Å². The highest BCUT2D eigenvalue weighted by atomic mass is 79.9. The van der Waals surface area contributed by atoms with E-state index in [4.69, 9.17) is 15.2 Å². The van der Waals surface area contributed by atoms with E-state index in [2.05, 4.69) is 28.1 Å². The Morgan fingerprint density at radius 1 is 1.56 bits per heavy atom. The Morgan fingerprint density at radius 3 is 3.00 bits per heavy atom.